The van der Waals surface area contributed by atoms with E-state index in [4.69, 9.17) is 20.6 Å². The fourth-order valence-electron chi connectivity index (χ4n) is 1.69. The van der Waals surface area contributed by atoms with Crippen LogP contribution >= 0.6 is 0 Å². The van der Waals surface area contributed by atoms with Gasteiger partial charge in [-0.3, -0.25) is 4.79 Å². The molecular formula is C16H19NO4. The second kappa shape index (κ2) is 8.54. The van der Waals surface area contributed by atoms with Gasteiger partial charge in [-0.2, -0.15) is 0 Å². The van der Waals surface area contributed by atoms with Crippen molar-refractivity contribution in [3.63, 3.8) is 0 Å². The molecule has 0 atom stereocenters. The molecule has 0 bridgehead atoms. The Morgan fingerprint density at radius 3 is 2.33 bits per heavy atom. The molecule has 1 aromatic rings. The van der Waals surface area contributed by atoms with Crippen molar-refractivity contribution in [1.82, 2.24) is 5.32 Å². The molecule has 0 aliphatic rings. The molecule has 1 N–H and O–H groups in total. The summed E-state index contributed by atoms with van der Waals surface area (Å²) in [5.41, 5.74) is 0.761. The van der Waals surface area contributed by atoms with E-state index in [1.807, 2.05) is 0 Å². The third-order valence-electron chi connectivity index (χ3n) is 2.68. The average molecular weight is 289 g/mol. The molecule has 0 saturated heterocycles. The molecule has 0 aromatic heterocycles. The van der Waals surface area contributed by atoms with Crippen molar-refractivity contribution in [2.45, 2.75) is 6.42 Å². The molecule has 0 unspecified atom stereocenters. The van der Waals surface area contributed by atoms with E-state index in [1.165, 1.54) is 27.4 Å². The van der Waals surface area contributed by atoms with Crippen LogP contribution in [0.3, 0.4) is 0 Å². The standard InChI is InChI=1S/C16H19NO4/c1-5-6-9-17-15(18)8-7-12-10-13(19-2)16(21-4)14(11-12)20-3/h1,7-8,10-11H,6,9H2,2-4H3,(H,17,18)/b8-7+. The second-order valence-electron chi connectivity index (χ2n) is 4.04. The average Bonchev–Trinajstić information content (AvgIpc) is 2.51. The third-order valence-corrected chi connectivity index (χ3v) is 2.68. The van der Waals surface area contributed by atoms with E-state index in [1.54, 1.807) is 18.2 Å². The molecule has 0 saturated carbocycles. The Morgan fingerprint density at radius 2 is 1.86 bits per heavy atom. The van der Waals surface area contributed by atoms with Gasteiger partial charge in [0.25, 0.3) is 0 Å². The fourth-order valence-corrected chi connectivity index (χ4v) is 1.69. The number of terminal acetylenes is 1. The number of hydrogen-bond donors (Lipinski definition) is 1. The minimum atomic E-state index is -0.209. The normalized spacial score (nSPS) is 10.0. The third kappa shape index (κ3) is 4.77. The van der Waals surface area contributed by atoms with Gasteiger partial charge in [-0.25, -0.2) is 0 Å². The summed E-state index contributed by atoms with van der Waals surface area (Å²) in [6.45, 7) is 0.453. The molecule has 5 nitrogen and oxygen atoms in total. The number of nitrogens with one attached hydrogen (secondary N) is 1. The largest absolute Gasteiger partial charge is 0.493 e. The number of methoxy groups -OCH3 is 3. The second-order valence-corrected chi connectivity index (χ2v) is 4.04. The number of carbonyl (C=O) groups is 1. The van der Waals surface area contributed by atoms with E-state index in [-0.39, 0.29) is 5.91 Å². The lowest BCUT2D eigenvalue weighted by Crippen LogP contribution is -2.21. The van der Waals surface area contributed by atoms with Crippen LogP contribution in [0.1, 0.15) is 12.0 Å². The lowest BCUT2D eigenvalue weighted by molar-refractivity contribution is -0.116. The van der Waals surface area contributed by atoms with Gasteiger partial charge in [0, 0.05) is 19.0 Å². The molecular weight excluding hydrogens is 270 g/mol. The van der Waals surface area contributed by atoms with Crippen LogP contribution in [0, 0.1) is 12.3 Å². The highest BCUT2D eigenvalue weighted by atomic mass is 16.5. The quantitative estimate of drug-likeness (QED) is 0.473. The zero-order chi connectivity index (χ0) is 15.7. The minimum Gasteiger partial charge on any atom is -0.493 e. The maximum atomic E-state index is 11.6. The highest BCUT2D eigenvalue weighted by molar-refractivity contribution is 5.91. The number of carbonyl (C=O) groups excluding carboxylic acids is 1. The number of rotatable bonds is 7. The predicted molar refractivity (Wildman–Crippen MR) is 81.6 cm³/mol. The molecule has 0 heterocycles. The van der Waals surface area contributed by atoms with Gasteiger partial charge in [0.05, 0.1) is 21.3 Å². The lowest BCUT2D eigenvalue weighted by atomic mass is 10.1. The van der Waals surface area contributed by atoms with Crippen molar-refractivity contribution in [3.05, 3.63) is 23.8 Å². The molecule has 112 valence electrons. The topological polar surface area (TPSA) is 56.8 Å². The Balaban J connectivity index is 2.89. The molecule has 0 radical (unpaired) electrons. The Bertz CT molecular complexity index is 533. The highest BCUT2D eigenvalue weighted by Crippen LogP contribution is 2.38. The maximum Gasteiger partial charge on any atom is 0.244 e. The molecule has 0 aliphatic heterocycles. The number of hydrogen-bond acceptors (Lipinski definition) is 4. The number of benzene rings is 1. The van der Waals surface area contributed by atoms with Crippen LogP contribution in [-0.2, 0) is 4.79 Å². The molecule has 0 aliphatic carbocycles. The van der Waals surface area contributed by atoms with Gasteiger partial charge in [0.1, 0.15) is 0 Å². The van der Waals surface area contributed by atoms with Crippen molar-refractivity contribution in [1.29, 1.82) is 0 Å². The molecule has 1 amide bonds. The van der Waals surface area contributed by atoms with E-state index in [9.17, 15) is 4.79 Å². The molecule has 1 rings (SSSR count). The summed E-state index contributed by atoms with van der Waals surface area (Å²) in [6.07, 6.45) is 8.71. The Hall–Kier alpha value is -2.61. The first-order valence-electron chi connectivity index (χ1n) is 6.35. The molecule has 0 spiro atoms. The van der Waals surface area contributed by atoms with Gasteiger partial charge in [0.15, 0.2) is 11.5 Å². The van der Waals surface area contributed by atoms with Crippen LogP contribution in [-0.4, -0.2) is 33.8 Å². The molecule has 0 fully saturated rings. The first kappa shape index (κ1) is 16.4. The molecule has 5 heteroatoms. The van der Waals surface area contributed by atoms with Crippen LogP contribution < -0.4 is 19.5 Å². The smallest absolute Gasteiger partial charge is 0.244 e. The van der Waals surface area contributed by atoms with Crippen LogP contribution in [0.25, 0.3) is 6.08 Å². The van der Waals surface area contributed by atoms with Crippen molar-refractivity contribution < 1.29 is 19.0 Å². The summed E-state index contributed by atoms with van der Waals surface area (Å²) < 4.78 is 15.7. The maximum absolute atomic E-state index is 11.6. The summed E-state index contributed by atoms with van der Waals surface area (Å²) in [7, 11) is 4.61. The lowest BCUT2D eigenvalue weighted by Gasteiger charge is -2.12. The van der Waals surface area contributed by atoms with Gasteiger partial charge in [-0.1, -0.05) is 0 Å². The van der Waals surface area contributed by atoms with Gasteiger partial charge in [-0.05, 0) is 23.8 Å². The summed E-state index contributed by atoms with van der Waals surface area (Å²) in [5, 5.41) is 2.68. The van der Waals surface area contributed by atoms with E-state index >= 15 is 0 Å². The van der Waals surface area contributed by atoms with Crippen molar-refractivity contribution >= 4 is 12.0 Å². The van der Waals surface area contributed by atoms with Crippen LogP contribution in [0.2, 0.25) is 0 Å². The molecule has 21 heavy (non-hydrogen) atoms. The predicted octanol–water partition coefficient (Wildman–Crippen LogP) is 1.87. The highest BCUT2D eigenvalue weighted by Gasteiger charge is 2.12. The zero-order valence-corrected chi connectivity index (χ0v) is 12.4. The summed E-state index contributed by atoms with van der Waals surface area (Å²) >= 11 is 0. The Labute approximate surface area is 124 Å². The number of ether oxygens (including phenoxy) is 3. The first-order chi connectivity index (χ1) is 10.2. The van der Waals surface area contributed by atoms with E-state index in [2.05, 4.69) is 11.2 Å². The molecule has 1 aromatic carbocycles. The van der Waals surface area contributed by atoms with Crippen LogP contribution in [0.15, 0.2) is 18.2 Å². The minimum absolute atomic E-state index is 0.209. The van der Waals surface area contributed by atoms with Gasteiger partial charge < -0.3 is 19.5 Å². The van der Waals surface area contributed by atoms with Gasteiger partial charge in [0.2, 0.25) is 11.7 Å². The zero-order valence-electron chi connectivity index (χ0n) is 12.4. The number of amides is 1. The van der Waals surface area contributed by atoms with E-state index < -0.39 is 0 Å². The Morgan fingerprint density at radius 1 is 1.24 bits per heavy atom. The van der Waals surface area contributed by atoms with Gasteiger partial charge >= 0.3 is 0 Å². The fraction of sp³-hybridized carbons (Fsp3) is 0.312. The van der Waals surface area contributed by atoms with Gasteiger partial charge in [-0.15, -0.1) is 12.3 Å². The SMILES string of the molecule is C#CCCNC(=O)/C=C/c1cc(OC)c(OC)c(OC)c1. The summed E-state index contributed by atoms with van der Waals surface area (Å²) in [4.78, 5) is 11.6. The van der Waals surface area contributed by atoms with Crippen molar-refractivity contribution in [2.75, 3.05) is 27.9 Å². The van der Waals surface area contributed by atoms with Crippen molar-refractivity contribution in [2.24, 2.45) is 0 Å². The first-order valence-corrected chi connectivity index (χ1v) is 6.35. The summed E-state index contributed by atoms with van der Waals surface area (Å²) in [6, 6.07) is 3.51. The van der Waals surface area contributed by atoms with Crippen LogP contribution in [0.5, 0.6) is 17.2 Å². The summed E-state index contributed by atoms with van der Waals surface area (Å²) in [5.74, 6) is 3.82. The van der Waals surface area contributed by atoms with E-state index in [0.29, 0.717) is 30.2 Å². The monoisotopic (exact) mass is 289 g/mol. The van der Waals surface area contributed by atoms with Crippen molar-refractivity contribution in [3.8, 4) is 29.6 Å². The Kier molecular flexibility index (Phi) is 6.69. The van der Waals surface area contributed by atoms with Crippen LogP contribution in [0.4, 0.5) is 0 Å². The van der Waals surface area contributed by atoms with E-state index in [0.717, 1.165) is 5.56 Å².